The lowest BCUT2D eigenvalue weighted by Gasteiger charge is -2.03. The first-order chi connectivity index (χ1) is 10.2. The van der Waals surface area contributed by atoms with Crippen LogP contribution in [0.15, 0.2) is 34.9 Å². The molecule has 0 spiro atoms. The Morgan fingerprint density at radius 1 is 1.38 bits per heavy atom. The highest BCUT2D eigenvalue weighted by atomic mass is 79.9. The second kappa shape index (κ2) is 5.73. The van der Waals surface area contributed by atoms with E-state index in [0.717, 1.165) is 17.6 Å². The summed E-state index contributed by atoms with van der Waals surface area (Å²) in [6, 6.07) is 8.14. The van der Waals surface area contributed by atoms with Crippen LogP contribution in [0.1, 0.15) is 21.7 Å². The fourth-order valence-electron chi connectivity index (χ4n) is 2.30. The SMILES string of the molecule is Cc1[nH]nc(C(=O)NCCc2c[nH]c3ccccc23)c1Br. The number of hydrogen-bond acceptors (Lipinski definition) is 2. The van der Waals surface area contributed by atoms with E-state index in [-0.39, 0.29) is 5.91 Å². The van der Waals surface area contributed by atoms with Gasteiger partial charge in [-0.3, -0.25) is 9.89 Å². The fourth-order valence-corrected chi connectivity index (χ4v) is 2.66. The van der Waals surface area contributed by atoms with E-state index < -0.39 is 0 Å². The van der Waals surface area contributed by atoms with Gasteiger partial charge < -0.3 is 10.3 Å². The first kappa shape index (κ1) is 13.9. The van der Waals surface area contributed by atoms with Crippen LogP contribution < -0.4 is 5.32 Å². The van der Waals surface area contributed by atoms with E-state index in [4.69, 9.17) is 0 Å². The van der Waals surface area contributed by atoms with Crippen LogP contribution in [-0.2, 0) is 6.42 Å². The van der Waals surface area contributed by atoms with Gasteiger partial charge in [0.05, 0.1) is 4.47 Å². The van der Waals surface area contributed by atoms with Gasteiger partial charge in [0.15, 0.2) is 5.69 Å². The van der Waals surface area contributed by atoms with E-state index in [2.05, 4.69) is 42.5 Å². The molecular formula is C15H15BrN4O. The molecule has 0 atom stereocenters. The molecule has 0 unspecified atom stereocenters. The van der Waals surface area contributed by atoms with Crippen molar-refractivity contribution in [2.45, 2.75) is 13.3 Å². The zero-order chi connectivity index (χ0) is 14.8. The van der Waals surface area contributed by atoms with Crippen molar-refractivity contribution in [1.29, 1.82) is 0 Å². The van der Waals surface area contributed by atoms with Gasteiger partial charge >= 0.3 is 0 Å². The van der Waals surface area contributed by atoms with Gasteiger partial charge in [-0.15, -0.1) is 0 Å². The monoisotopic (exact) mass is 346 g/mol. The number of halogens is 1. The number of rotatable bonds is 4. The van der Waals surface area contributed by atoms with E-state index in [9.17, 15) is 4.79 Å². The van der Waals surface area contributed by atoms with Crippen LogP contribution in [0.3, 0.4) is 0 Å². The minimum absolute atomic E-state index is 0.175. The lowest BCUT2D eigenvalue weighted by molar-refractivity contribution is 0.0948. The fraction of sp³-hybridized carbons (Fsp3) is 0.200. The molecule has 2 heterocycles. The predicted molar refractivity (Wildman–Crippen MR) is 85.4 cm³/mol. The Balaban J connectivity index is 1.64. The standard InChI is InChI=1S/C15H15BrN4O/c1-9-13(16)14(20-19-9)15(21)17-7-6-10-8-18-12-5-3-2-4-11(10)12/h2-5,8,18H,6-7H2,1H3,(H,17,21)(H,19,20). The molecule has 3 N–H and O–H groups in total. The van der Waals surface area contributed by atoms with Gasteiger partial charge in [-0.2, -0.15) is 5.10 Å². The molecule has 5 nitrogen and oxygen atoms in total. The lowest BCUT2D eigenvalue weighted by atomic mass is 10.1. The van der Waals surface area contributed by atoms with Gasteiger partial charge in [0, 0.05) is 29.3 Å². The largest absolute Gasteiger partial charge is 0.361 e. The van der Waals surface area contributed by atoms with E-state index in [1.54, 1.807) is 0 Å². The number of aromatic amines is 2. The molecule has 108 valence electrons. The van der Waals surface area contributed by atoms with Crippen molar-refractivity contribution in [3.8, 4) is 0 Å². The molecule has 1 amide bonds. The zero-order valence-electron chi connectivity index (χ0n) is 11.5. The summed E-state index contributed by atoms with van der Waals surface area (Å²) in [6.45, 7) is 2.43. The second-order valence-corrected chi connectivity index (χ2v) is 5.67. The number of nitrogens with zero attached hydrogens (tertiary/aromatic N) is 1. The van der Waals surface area contributed by atoms with E-state index in [1.807, 2.05) is 31.3 Å². The van der Waals surface area contributed by atoms with Crippen molar-refractivity contribution in [3.63, 3.8) is 0 Å². The third-order valence-electron chi connectivity index (χ3n) is 3.44. The van der Waals surface area contributed by atoms with Crippen molar-refractivity contribution < 1.29 is 4.79 Å². The Morgan fingerprint density at radius 2 is 2.19 bits per heavy atom. The van der Waals surface area contributed by atoms with Crippen molar-refractivity contribution >= 4 is 32.7 Å². The maximum Gasteiger partial charge on any atom is 0.272 e. The van der Waals surface area contributed by atoms with Gasteiger partial charge in [-0.25, -0.2) is 0 Å². The number of carbonyl (C=O) groups excluding carboxylic acids is 1. The normalized spacial score (nSPS) is 11.0. The summed E-state index contributed by atoms with van der Waals surface area (Å²) in [5, 5.41) is 10.9. The summed E-state index contributed by atoms with van der Waals surface area (Å²) in [5.41, 5.74) is 3.55. The van der Waals surface area contributed by atoms with Gasteiger partial charge in [0.1, 0.15) is 0 Å². The van der Waals surface area contributed by atoms with Crippen LogP contribution in [0.5, 0.6) is 0 Å². The summed E-state index contributed by atoms with van der Waals surface area (Å²) < 4.78 is 0.715. The summed E-state index contributed by atoms with van der Waals surface area (Å²) in [5.74, 6) is -0.175. The first-order valence-electron chi connectivity index (χ1n) is 6.70. The molecule has 0 saturated heterocycles. The Hall–Kier alpha value is -2.08. The zero-order valence-corrected chi connectivity index (χ0v) is 13.1. The summed E-state index contributed by atoms with van der Waals surface area (Å²) in [6.07, 6.45) is 2.77. The predicted octanol–water partition coefficient (Wildman–Crippen LogP) is 2.93. The Morgan fingerprint density at radius 3 is 2.95 bits per heavy atom. The van der Waals surface area contributed by atoms with Crippen LogP contribution in [0, 0.1) is 6.92 Å². The molecule has 3 rings (SSSR count). The Bertz CT molecular complexity index is 790. The molecule has 21 heavy (non-hydrogen) atoms. The van der Waals surface area contributed by atoms with Crippen LogP contribution in [0.2, 0.25) is 0 Å². The molecule has 0 fully saturated rings. The molecule has 1 aromatic carbocycles. The topological polar surface area (TPSA) is 73.6 Å². The minimum Gasteiger partial charge on any atom is -0.361 e. The van der Waals surface area contributed by atoms with Crippen molar-refractivity contribution in [2.75, 3.05) is 6.54 Å². The Kier molecular flexibility index (Phi) is 3.79. The van der Waals surface area contributed by atoms with Crippen molar-refractivity contribution in [3.05, 3.63) is 51.9 Å². The summed E-state index contributed by atoms with van der Waals surface area (Å²) in [7, 11) is 0. The highest BCUT2D eigenvalue weighted by molar-refractivity contribution is 9.10. The highest BCUT2D eigenvalue weighted by Gasteiger charge is 2.15. The molecule has 6 heteroatoms. The van der Waals surface area contributed by atoms with E-state index in [0.29, 0.717) is 16.7 Å². The maximum atomic E-state index is 12.0. The Labute approximate surface area is 130 Å². The van der Waals surface area contributed by atoms with Gasteiger partial charge in [0.25, 0.3) is 5.91 Å². The molecule has 0 radical (unpaired) electrons. The molecule has 0 bridgehead atoms. The smallest absolute Gasteiger partial charge is 0.272 e. The minimum atomic E-state index is -0.175. The maximum absolute atomic E-state index is 12.0. The first-order valence-corrected chi connectivity index (χ1v) is 7.50. The quantitative estimate of drug-likeness (QED) is 0.679. The van der Waals surface area contributed by atoms with E-state index >= 15 is 0 Å². The van der Waals surface area contributed by atoms with Crippen molar-refractivity contribution in [2.24, 2.45) is 0 Å². The third-order valence-corrected chi connectivity index (χ3v) is 4.41. The van der Waals surface area contributed by atoms with E-state index in [1.165, 1.54) is 10.9 Å². The van der Waals surface area contributed by atoms with Crippen LogP contribution in [0.25, 0.3) is 10.9 Å². The molecule has 0 aliphatic rings. The number of amides is 1. The molecule has 3 aromatic rings. The number of nitrogens with one attached hydrogen (secondary N) is 3. The number of benzene rings is 1. The van der Waals surface area contributed by atoms with Crippen LogP contribution in [-0.4, -0.2) is 27.6 Å². The molecule has 0 saturated carbocycles. The lowest BCUT2D eigenvalue weighted by Crippen LogP contribution is -2.26. The number of aromatic nitrogens is 3. The van der Waals surface area contributed by atoms with Crippen LogP contribution in [0.4, 0.5) is 0 Å². The number of H-pyrrole nitrogens is 2. The third kappa shape index (κ3) is 2.71. The summed E-state index contributed by atoms with van der Waals surface area (Å²) >= 11 is 3.35. The molecule has 0 aliphatic heterocycles. The molecular weight excluding hydrogens is 332 g/mol. The van der Waals surface area contributed by atoms with Crippen molar-refractivity contribution in [1.82, 2.24) is 20.5 Å². The van der Waals surface area contributed by atoms with Crippen LogP contribution >= 0.6 is 15.9 Å². The van der Waals surface area contributed by atoms with Gasteiger partial charge in [0.2, 0.25) is 0 Å². The molecule has 2 aromatic heterocycles. The molecule has 0 aliphatic carbocycles. The number of aryl methyl sites for hydroxylation is 1. The van der Waals surface area contributed by atoms with Gasteiger partial charge in [-0.05, 0) is 40.9 Å². The highest BCUT2D eigenvalue weighted by Crippen LogP contribution is 2.19. The summed E-state index contributed by atoms with van der Waals surface area (Å²) in [4.78, 5) is 15.3. The average molecular weight is 347 g/mol. The average Bonchev–Trinajstić information content (AvgIpc) is 3.04. The number of hydrogen-bond donors (Lipinski definition) is 3. The van der Waals surface area contributed by atoms with Gasteiger partial charge in [-0.1, -0.05) is 18.2 Å². The second-order valence-electron chi connectivity index (χ2n) is 4.88. The number of para-hydroxylation sites is 1. The number of fused-ring (bicyclic) bond motifs is 1. The number of carbonyl (C=O) groups is 1.